The summed E-state index contributed by atoms with van der Waals surface area (Å²) in [6.45, 7) is 2.84. The molecule has 5 nitrogen and oxygen atoms in total. The minimum atomic E-state index is -0.0902. The van der Waals surface area contributed by atoms with Crippen molar-refractivity contribution in [3.8, 4) is 0 Å². The van der Waals surface area contributed by atoms with Crippen LogP contribution in [0.15, 0.2) is 53.4 Å². The number of carbonyl (C=O) groups is 1. The Kier molecular flexibility index (Phi) is 7.67. The van der Waals surface area contributed by atoms with Crippen molar-refractivity contribution in [1.82, 2.24) is 15.5 Å². The molecule has 0 spiro atoms. The van der Waals surface area contributed by atoms with Crippen LogP contribution in [0.4, 0.5) is 0 Å². The number of amides is 1. The van der Waals surface area contributed by atoms with E-state index in [1.807, 2.05) is 0 Å². The van der Waals surface area contributed by atoms with Crippen molar-refractivity contribution in [3.63, 3.8) is 0 Å². The van der Waals surface area contributed by atoms with Gasteiger partial charge in [0.25, 0.3) is 0 Å². The van der Waals surface area contributed by atoms with Crippen molar-refractivity contribution < 1.29 is 9.53 Å². The number of likely N-dealkylation sites (tertiary alicyclic amines) is 1. The van der Waals surface area contributed by atoms with Gasteiger partial charge in [0, 0.05) is 43.7 Å². The molecule has 1 amide bonds. The third kappa shape index (κ3) is 5.50. The standard InChI is InChI=1S/C25H33N3O2S/c1-30-12-11-26-25(29)24-15-21(27-16-18-7-9-23(31-2)10-8-18)17-28(24)22-13-19-5-3-4-6-20(19)14-22/h3-10,21-22,24,27H,11-17H2,1-2H3,(H,26,29)/t21-,24-/m0/s1. The van der Waals surface area contributed by atoms with Gasteiger partial charge in [0.15, 0.2) is 0 Å². The number of nitrogens with one attached hydrogen (secondary N) is 2. The highest BCUT2D eigenvalue weighted by molar-refractivity contribution is 7.98. The number of nitrogens with zero attached hydrogens (tertiary/aromatic N) is 1. The predicted octanol–water partition coefficient (Wildman–Crippen LogP) is 2.87. The van der Waals surface area contributed by atoms with Crippen LogP contribution in [0.3, 0.4) is 0 Å². The van der Waals surface area contributed by atoms with Gasteiger partial charge in [-0.15, -0.1) is 11.8 Å². The lowest BCUT2D eigenvalue weighted by Crippen LogP contribution is -2.48. The monoisotopic (exact) mass is 439 g/mol. The molecule has 166 valence electrons. The number of ether oxygens (including phenoxy) is 1. The van der Waals surface area contributed by atoms with Crippen molar-refractivity contribution in [2.24, 2.45) is 0 Å². The molecule has 2 aromatic rings. The zero-order chi connectivity index (χ0) is 21.6. The second-order valence-corrected chi connectivity index (χ2v) is 9.37. The Balaban J connectivity index is 1.41. The van der Waals surface area contributed by atoms with Gasteiger partial charge < -0.3 is 15.4 Å². The van der Waals surface area contributed by atoms with E-state index in [2.05, 4.69) is 70.3 Å². The SMILES string of the molecule is COCCNC(=O)[C@@H]1C[C@H](NCc2ccc(SC)cc2)CN1C1Cc2ccccc2C1. The Bertz CT molecular complexity index is 848. The lowest BCUT2D eigenvalue weighted by molar-refractivity contribution is -0.126. The van der Waals surface area contributed by atoms with Crippen LogP contribution in [-0.2, 0) is 28.9 Å². The molecule has 2 atom stereocenters. The Hall–Kier alpha value is -1.86. The summed E-state index contributed by atoms with van der Waals surface area (Å²) >= 11 is 1.76. The second-order valence-electron chi connectivity index (χ2n) is 8.49. The number of hydrogen-bond acceptors (Lipinski definition) is 5. The molecule has 4 rings (SSSR count). The molecule has 1 aliphatic heterocycles. The normalized spacial score (nSPS) is 21.4. The molecule has 0 bridgehead atoms. The Morgan fingerprint density at radius 3 is 2.48 bits per heavy atom. The van der Waals surface area contributed by atoms with Crippen LogP contribution in [0.5, 0.6) is 0 Å². The van der Waals surface area contributed by atoms with Gasteiger partial charge in [-0.05, 0) is 54.3 Å². The van der Waals surface area contributed by atoms with E-state index in [1.54, 1.807) is 18.9 Å². The molecule has 0 radical (unpaired) electrons. The zero-order valence-corrected chi connectivity index (χ0v) is 19.3. The van der Waals surface area contributed by atoms with Gasteiger partial charge in [-0.3, -0.25) is 9.69 Å². The van der Waals surface area contributed by atoms with Gasteiger partial charge in [0.05, 0.1) is 12.6 Å². The van der Waals surface area contributed by atoms with E-state index in [9.17, 15) is 4.79 Å². The summed E-state index contributed by atoms with van der Waals surface area (Å²) in [5, 5.41) is 6.78. The van der Waals surface area contributed by atoms with Crippen molar-refractivity contribution in [2.45, 2.75) is 48.8 Å². The summed E-state index contributed by atoms with van der Waals surface area (Å²) in [6.07, 6.45) is 5.00. The lowest BCUT2D eigenvalue weighted by atomic mass is 10.1. The minimum absolute atomic E-state index is 0.0902. The van der Waals surface area contributed by atoms with Crippen molar-refractivity contribution in [2.75, 3.05) is 33.1 Å². The third-order valence-corrected chi connectivity index (χ3v) is 7.24. The topological polar surface area (TPSA) is 53.6 Å². The zero-order valence-electron chi connectivity index (χ0n) is 18.5. The van der Waals surface area contributed by atoms with Crippen molar-refractivity contribution in [1.29, 1.82) is 0 Å². The average Bonchev–Trinajstić information content (AvgIpc) is 3.42. The van der Waals surface area contributed by atoms with Gasteiger partial charge in [-0.2, -0.15) is 0 Å². The third-order valence-electron chi connectivity index (χ3n) is 6.50. The Labute approximate surface area is 189 Å². The molecule has 1 aliphatic carbocycles. The smallest absolute Gasteiger partial charge is 0.237 e. The molecule has 0 aromatic heterocycles. The number of thioether (sulfide) groups is 1. The summed E-state index contributed by atoms with van der Waals surface area (Å²) in [7, 11) is 1.66. The maximum absolute atomic E-state index is 13.0. The molecule has 2 aromatic carbocycles. The second kappa shape index (κ2) is 10.6. The highest BCUT2D eigenvalue weighted by atomic mass is 32.2. The molecule has 2 N–H and O–H groups in total. The summed E-state index contributed by atoms with van der Waals surface area (Å²) in [4.78, 5) is 16.7. The van der Waals surface area contributed by atoms with E-state index < -0.39 is 0 Å². The molecule has 31 heavy (non-hydrogen) atoms. The number of methoxy groups -OCH3 is 1. The van der Waals surface area contributed by atoms with Gasteiger partial charge >= 0.3 is 0 Å². The first-order valence-corrected chi connectivity index (χ1v) is 12.4. The summed E-state index contributed by atoms with van der Waals surface area (Å²) in [5.74, 6) is 0.127. The lowest BCUT2D eigenvalue weighted by Gasteiger charge is -2.29. The fourth-order valence-electron chi connectivity index (χ4n) is 4.84. The van der Waals surface area contributed by atoms with E-state index in [0.717, 1.165) is 32.4 Å². The van der Waals surface area contributed by atoms with E-state index in [0.29, 0.717) is 25.2 Å². The van der Waals surface area contributed by atoms with E-state index in [4.69, 9.17) is 4.74 Å². The highest BCUT2D eigenvalue weighted by Crippen LogP contribution is 2.31. The van der Waals surface area contributed by atoms with Crippen LogP contribution >= 0.6 is 11.8 Å². The van der Waals surface area contributed by atoms with Crippen molar-refractivity contribution in [3.05, 3.63) is 65.2 Å². The van der Waals surface area contributed by atoms with Crippen LogP contribution in [0.2, 0.25) is 0 Å². The number of benzene rings is 2. The number of hydrogen-bond donors (Lipinski definition) is 2. The average molecular weight is 440 g/mol. The molecule has 1 saturated heterocycles. The predicted molar refractivity (Wildman–Crippen MR) is 126 cm³/mol. The van der Waals surface area contributed by atoms with Crippen LogP contribution in [0.1, 0.15) is 23.1 Å². The fourth-order valence-corrected chi connectivity index (χ4v) is 5.25. The minimum Gasteiger partial charge on any atom is -0.383 e. The summed E-state index contributed by atoms with van der Waals surface area (Å²) in [5.41, 5.74) is 4.14. The first-order valence-electron chi connectivity index (χ1n) is 11.1. The Morgan fingerprint density at radius 1 is 1.13 bits per heavy atom. The first kappa shape index (κ1) is 22.3. The van der Waals surface area contributed by atoms with Gasteiger partial charge in [-0.25, -0.2) is 0 Å². The molecule has 0 unspecified atom stereocenters. The Morgan fingerprint density at radius 2 is 1.84 bits per heavy atom. The quantitative estimate of drug-likeness (QED) is 0.465. The van der Waals surface area contributed by atoms with E-state index in [1.165, 1.54) is 21.6 Å². The summed E-state index contributed by atoms with van der Waals surface area (Å²) in [6, 6.07) is 18.0. The van der Waals surface area contributed by atoms with Crippen LogP contribution in [0, 0.1) is 0 Å². The maximum Gasteiger partial charge on any atom is 0.237 e. The number of carbonyl (C=O) groups excluding carboxylic acids is 1. The molecule has 1 fully saturated rings. The number of fused-ring (bicyclic) bond motifs is 1. The summed E-state index contributed by atoms with van der Waals surface area (Å²) < 4.78 is 5.11. The highest BCUT2D eigenvalue weighted by Gasteiger charge is 2.41. The van der Waals surface area contributed by atoms with Crippen LogP contribution in [0.25, 0.3) is 0 Å². The molecule has 0 saturated carbocycles. The largest absolute Gasteiger partial charge is 0.383 e. The van der Waals surface area contributed by atoms with E-state index >= 15 is 0 Å². The molecule has 6 heteroatoms. The molecule has 1 heterocycles. The van der Waals surface area contributed by atoms with E-state index in [-0.39, 0.29) is 11.9 Å². The van der Waals surface area contributed by atoms with Crippen LogP contribution < -0.4 is 10.6 Å². The first-order chi connectivity index (χ1) is 15.2. The molecular formula is C25H33N3O2S. The van der Waals surface area contributed by atoms with Gasteiger partial charge in [-0.1, -0.05) is 36.4 Å². The molecular weight excluding hydrogens is 406 g/mol. The van der Waals surface area contributed by atoms with Gasteiger partial charge in [0.2, 0.25) is 5.91 Å². The van der Waals surface area contributed by atoms with Crippen LogP contribution in [-0.4, -0.2) is 62.0 Å². The van der Waals surface area contributed by atoms with Gasteiger partial charge in [0.1, 0.15) is 0 Å². The molecule has 2 aliphatic rings. The number of rotatable bonds is 9. The maximum atomic E-state index is 13.0. The fraction of sp³-hybridized carbons (Fsp3) is 0.480. The van der Waals surface area contributed by atoms with Crippen molar-refractivity contribution >= 4 is 17.7 Å².